The second-order valence-electron chi connectivity index (χ2n) is 5.52. The Kier molecular flexibility index (Phi) is 5.83. The summed E-state index contributed by atoms with van der Waals surface area (Å²) in [7, 11) is 1.57. The average molecular weight is 426 g/mol. The first-order valence-corrected chi connectivity index (χ1v) is 8.88. The van der Waals surface area contributed by atoms with E-state index < -0.39 is 0 Å². The molecule has 1 aromatic heterocycles. The van der Waals surface area contributed by atoms with Gasteiger partial charge in [0.25, 0.3) is 11.8 Å². The van der Waals surface area contributed by atoms with E-state index in [1.807, 2.05) is 0 Å². The molecule has 0 aliphatic carbocycles. The molecule has 27 heavy (non-hydrogen) atoms. The van der Waals surface area contributed by atoms with Crippen LogP contribution in [-0.4, -0.2) is 23.8 Å². The highest BCUT2D eigenvalue weighted by molar-refractivity contribution is 9.10. The number of rotatable bonds is 5. The van der Waals surface area contributed by atoms with Crippen molar-refractivity contribution in [1.82, 2.24) is 10.3 Å². The zero-order valence-electron chi connectivity index (χ0n) is 14.4. The van der Waals surface area contributed by atoms with Gasteiger partial charge in [-0.1, -0.05) is 12.1 Å². The topological polar surface area (TPSA) is 80.3 Å². The number of anilines is 1. The van der Waals surface area contributed by atoms with Crippen molar-refractivity contribution in [3.63, 3.8) is 0 Å². The van der Waals surface area contributed by atoms with Crippen molar-refractivity contribution < 1.29 is 14.3 Å². The molecule has 136 valence electrons. The Labute approximate surface area is 164 Å². The number of amides is 2. The highest BCUT2D eigenvalue weighted by Gasteiger charge is 2.12. The van der Waals surface area contributed by atoms with E-state index in [4.69, 9.17) is 4.74 Å². The van der Waals surface area contributed by atoms with Crippen LogP contribution in [0.5, 0.6) is 11.5 Å². The van der Waals surface area contributed by atoms with Crippen molar-refractivity contribution in [2.45, 2.75) is 0 Å². The van der Waals surface area contributed by atoms with Gasteiger partial charge in [-0.05, 0) is 64.5 Å². The summed E-state index contributed by atoms with van der Waals surface area (Å²) in [6.45, 7) is 0. The minimum Gasteiger partial charge on any atom is -0.457 e. The van der Waals surface area contributed by atoms with Gasteiger partial charge >= 0.3 is 0 Å². The summed E-state index contributed by atoms with van der Waals surface area (Å²) in [4.78, 5) is 28.2. The summed E-state index contributed by atoms with van der Waals surface area (Å²) in [6.07, 6.45) is 1.61. The molecule has 2 amide bonds. The number of hydrogen-bond donors (Lipinski definition) is 2. The van der Waals surface area contributed by atoms with Crippen LogP contribution in [0, 0.1) is 0 Å². The molecule has 0 radical (unpaired) electrons. The van der Waals surface area contributed by atoms with Crippen LogP contribution in [0.4, 0.5) is 5.82 Å². The minimum atomic E-state index is -0.284. The molecule has 7 heteroatoms. The molecule has 1 heterocycles. The summed E-state index contributed by atoms with van der Waals surface area (Å²) >= 11 is 3.40. The van der Waals surface area contributed by atoms with E-state index in [1.165, 1.54) is 0 Å². The Hall–Kier alpha value is -3.19. The van der Waals surface area contributed by atoms with Gasteiger partial charge in [-0.3, -0.25) is 9.59 Å². The Bertz CT molecular complexity index is 977. The van der Waals surface area contributed by atoms with Crippen LogP contribution < -0.4 is 15.4 Å². The maximum absolute atomic E-state index is 12.4. The van der Waals surface area contributed by atoms with E-state index in [9.17, 15) is 9.59 Å². The SMILES string of the molecule is CNC(=O)c1cccc(Oc2ccc(C(=O)Nc3ccccn3)c(Br)c2)c1. The Morgan fingerprint density at radius 3 is 2.48 bits per heavy atom. The fourth-order valence-corrected chi connectivity index (χ4v) is 2.88. The lowest BCUT2D eigenvalue weighted by molar-refractivity contribution is 0.0961. The van der Waals surface area contributed by atoms with E-state index in [0.29, 0.717) is 32.9 Å². The lowest BCUT2D eigenvalue weighted by Crippen LogP contribution is -2.17. The van der Waals surface area contributed by atoms with Crippen LogP contribution in [-0.2, 0) is 0 Å². The van der Waals surface area contributed by atoms with Crippen molar-refractivity contribution in [3.05, 3.63) is 82.5 Å². The van der Waals surface area contributed by atoms with Crippen LogP contribution in [0.25, 0.3) is 0 Å². The molecule has 6 nitrogen and oxygen atoms in total. The van der Waals surface area contributed by atoms with Gasteiger partial charge in [0.2, 0.25) is 0 Å². The molecule has 2 aromatic carbocycles. The van der Waals surface area contributed by atoms with Crippen molar-refractivity contribution in [3.8, 4) is 11.5 Å². The molecule has 0 aliphatic heterocycles. The molecule has 3 aromatic rings. The van der Waals surface area contributed by atoms with E-state index >= 15 is 0 Å². The van der Waals surface area contributed by atoms with Gasteiger partial charge < -0.3 is 15.4 Å². The van der Waals surface area contributed by atoms with Gasteiger partial charge in [0.05, 0.1) is 5.56 Å². The summed E-state index contributed by atoms with van der Waals surface area (Å²) in [6, 6.07) is 17.2. The molecule has 0 unspecified atom stereocenters. The summed E-state index contributed by atoms with van der Waals surface area (Å²) in [5.41, 5.74) is 0.951. The molecule has 0 saturated heterocycles. The standard InChI is InChI=1S/C20H16BrN3O3/c1-22-19(25)13-5-4-6-14(11-13)27-15-8-9-16(17(21)12-15)20(26)24-18-7-2-3-10-23-18/h2-12H,1H3,(H,22,25)(H,23,24,26). The number of carbonyl (C=O) groups excluding carboxylic acids is 2. The molecule has 2 N–H and O–H groups in total. The van der Waals surface area contributed by atoms with E-state index in [0.717, 1.165) is 0 Å². The normalized spacial score (nSPS) is 10.1. The van der Waals surface area contributed by atoms with Crippen molar-refractivity contribution >= 4 is 33.6 Å². The second-order valence-corrected chi connectivity index (χ2v) is 6.37. The number of benzene rings is 2. The Balaban J connectivity index is 1.75. The quantitative estimate of drug-likeness (QED) is 0.640. The maximum atomic E-state index is 12.4. The second kappa shape index (κ2) is 8.46. The van der Waals surface area contributed by atoms with Gasteiger partial charge in [-0.2, -0.15) is 0 Å². The van der Waals surface area contributed by atoms with Crippen molar-refractivity contribution in [2.75, 3.05) is 12.4 Å². The van der Waals surface area contributed by atoms with Crippen LogP contribution >= 0.6 is 15.9 Å². The summed E-state index contributed by atoms with van der Waals surface area (Å²) in [5, 5.41) is 5.30. The zero-order valence-corrected chi connectivity index (χ0v) is 16.0. The molecule has 0 aliphatic rings. The van der Waals surface area contributed by atoms with Crippen LogP contribution in [0.1, 0.15) is 20.7 Å². The van der Waals surface area contributed by atoms with Crippen LogP contribution in [0.3, 0.4) is 0 Å². The largest absolute Gasteiger partial charge is 0.457 e. The van der Waals surface area contributed by atoms with Gasteiger partial charge in [-0.15, -0.1) is 0 Å². The molecule has 0 saturated carbocycles. The molecular formula is C20H16BrN3O3. The number of ether oxygens (including phenoxy) is 1. The number of aromatic nitrogens is 1. The third-order valence-corrected chi connectivity index (χ3v) is 4.31. The number of hydrogen-bond acceptors (Lipinski definition) is 4. The number of nitrogens with one attached hydrogen (secondary N) is 2. The third kappa shape index (κ3) is 4.71. The van der Waals surface area contributed by atoms with E-state index in [2.05, 4.69) is 31.5 Å². The predicted octanol–water partition coefficient (Wildman–Crippen LogP) is 4.25. The van der Waals surface area contributed by atoms with Crippen molar-refractivity contribution in [2.24, 2.45) is 0 Å². The molecule has 0 atom stereocenters. The van der Waals surface area contributed by atoms with E-state index in [1.54, 1.807) is 73.9 Å². The monoisotopic (exact) mass is 425 g/mol. The lowest BCUT2D eigenvalue weighted by atomic mass is 10.2. The van der Waals surface area contributed by atoms with Crippen molar-refractivity contribution in [1.29, 1.82) is 0 Å². The molecular weight excluding hydrogens is 410 g/mol. The molecule has 3 rings (SSSR count). The fourth-order valence-electron chi connectivity index (χ4n) is 2.35. The average Bonchev–Trinajstić information content (AvgIpc) is 2.68. The Morgan fingerprint density at radius 1 is 0.963 bits per heavy atom. The van der Waals surface area contributed by atoms with Gasteiger partial charge in [0.1, 0.15) is 17.3 Å². The third-order valence-electron chi connectivity index (χ3n) is 3.65. The number of carbonyl (C=O) groups is 2. The smallest absolute Gasteiger partial charge is 0.257 e. The lowest BCUT2D eigenvalue weighted by Gasteiger charge is -2.10. The zero-order chi connectivity index (χ0) is 19.2. The first-order valence-electron chi connectivity index (χ1n) is 8.09. The summed E-state index contributed by atoms with van der Waals surface area (Å²) in [5.74, 6) is 1.05. The highest BCUT2D eigenvalue weighted by Crippen LogP contribution is 2.28. The first-order chi connectivity index (χ1) is 13.1. The minimum absolute atomic E-state index is 0.192. The molecule has 0 spiro atoms. The predicted molar refractivity (Wildman–Crippen MR) is 106 cm³/mol. The number of pyridine rings is 1. The van der Waals surface area contributed by atoms with Gasteiger partial charge in [-0.25, -0.2) is 4.98 Å². The van der Waals surface area contributed by atoms with Gasteiger partial charge in [0.15, 0.2) is 0 Å². The van der Waals surface area contributed by atoms with Crippen LogP contribution in [0.2, 0.25) is 0 Å². The Morgan fingerprint density at radius 2 is 1.78 bits per heavy atom. The molecule has 0 bridgehead atoms. The first kappa shape index (κ1) is 18.6. The maximum Gasteiger partial charge on any atom is 0.257 e. The number of nitrogens with zero attached hydrogens (tertiary/aromatic N) is 1. The number of halogens is 1. The van der Waals surface area contributed by atoms with E-state index in [-0.39, 0.29) is 11.8 Å². The molecule has 0 fully saturated rings. The van der Waals surface area contributed by atoms with Gasteiger partial charge in [0, 0.05) is 23.3 Å². The fraction of sp³-hybridized carbons (Fsp3) is 0.0500. The highest BCUT2D eigenvalue weighted by atomic mass is 79.9. The summed E-state index contributed by atoms with van der Waals surface area (Å²) < 4.78 is 6.37. The van der Waals surface area contributed by atoms with Crippen LogP contribution in [0.15, 0.2) is 71.3 Å².